The van der Waals surface area contributed by atoms with Crippen LogP contribution in [0.5, 0.6) is 23.0 Å². The minimum Gasteiger partial charge on any atom is -0.494 e. The van der Waals surface area contributed by atoms with Crippen molar-refractivity contribution in [2.45, 2.75) is 118 Å². The Hall–Kier alpha value is -3.02. The SMILES string of the molecule is CCCCC1CCC(C(=O)Oc2ccc(OCC)cc2)CC1.CCCCC1CCC(C(=O)Oc2ccc(OCC)cc2)CC1. The monoisotopic (exact) mass is 608 g/mol. The van der Waals surface area contributed by atoms with Gasteiger partial charge in [-0.25, -0.2) is 0 Å². The van der Waals surface area contributed by atoms with E-state index in [1.807, 2.05) is 38.1 Å². The van der Waals surface area contributed by atoms with Crippen LogP contribution < -0.4 is 18.9 Å². The topological polar surface area (TPSA) is 71.1 Å². The number of hydrogen-bond donors (Lipinski definition) is 0. The van der Waals surface area contributed by atoms with E-state index >= 15 is 0 Å². The Bertz CT molecular complexity index is 976. The fraction of sp³-hybridized carbons (Fsp3) is 0.632. The van der Waals surface area contributed by atoms with Crippen molar-refractivity contribution in [3.63, 3.8) is 0 Å². The van der Waals surface area contributed by atoms with Gasteiger partial charge < -0.3 is 18.9 Å². The molecule has 2 saturated carbocycles. The molecule has 0 aliphatic heterocycles. The molecule has 2 aliphatic rings. The average molecular weight is 609 g/mol. The lowest BCUT2D eigenvalue weighted by Crippen LogP contribution is -2.25. The van der Waals surface area contributed by atoms with Gasteiger partial charge in [-0.05, 0) is 126 Å². The number of carbonyl (C=O) groups excluding carboxylic acids is 2. The highest BCUT2D eigenvalue weighted by Gasteiger charge is 2.28. The molecular weight excluding hydrogens is 552 g/mol. The van der Waals surface area contributed by atoms with Crippen molar-refractivity contribution in [3.8, 4) is 23.0 Å². The van der Waals surface area contributed by atoms with Crippen LogP contribution >= 0.6 is 0 Å². The summed E-state index contributed by atoms with van der Waals surface area (Å²) in [5.41, 5.74) is 0. The molecule has 0 amide bonds. The number of ether oxygens (including phenoxy) is 4. The molecule has 2 aliphatic carbocycles. The Kier molecular flexibility index (Phi) is 16.2. The Labute approximate surface area is 266 Å². The zero-order valence-electron chi connectivity index (χ0n) is 27.7. The molecule has 0 aromatic heterocycles. The molecule has 2 aromatic carbocycles. The van der Waals surface area contributed by atoms with Crippen LogP contribution in [0.4, 0.5) is 0 Å². The lowest BCUT2D eigenvalue weighted by atomic mass is 9.80. The minimum absolute atomic E-state index is 0.0712. The molecule has 2 fully saturated rings. The van der Waals surface area contributed by atoms with Crippen LogP contribution in [0.1, 0.15) is 118 Å². The highest BCUT2D eigenvalue weighted by molar-refractivity contribution is 5.75. The van der Waals surface area contributed by atoms with Gasteiger partial charge in [-0.2, -0.15) is 0 Å². The second-order valence-electron chi connectivity index (χ2n) is 12.4. The molecular formula is C38H56O6. The van der Waals surface area contributed by atoms with Crippen LogP contribution in [0.25, 0.3) is 0 Å². The van der Waals surface area contributed by atoms with Gasteiger partial charge in [0.2, 0.25) is 0 Å². The van der Waals surface area contributed by atoms with Crippen LogP contribution in [0.2, 0.25) is 0 Å². The first-order valence-electron chi connectivity index (χ1n) is 17.3. The van der Waals surface area contributed by atoms with Crippen molar-refractivity contribution in [2.75, 3.05) is 13.2 Å². The van der Waals surface area contributed by atoms with E-state index in [1.54, 1.807) is 24.3 Å². The zero-order chi connectivity index (χ0) is 31.6. The smallest absolute Gasteiger partial charge is 0.314 e. The highest BCUT2D eigenvalue weighted by Crippen LogP contribution is 2.34. The maximum absolute atomic E-state index is 12.2. The Morgan fingerprint density at radius 3 is 1.14 bits per heavy atom. The number of unbranched alkanes of at least 4 members (excludes halogenated alkanes) is 2. The first-order valence-corrected chi connectivity index (χ1v) is 17.3. The van der Waals surface area contributed by atoms with Gasteiger partial charge in [0.1, 0.15) is 23.0 Å². The summed E-state index contributed by atoms with van der Waals surface area (Å²) in [4.78, 5) is 24.5. The standard InChI is InChI=1S/2C19H28O3/c2*1-3-5-6-15-7-9-16(10-8-15)19(20)22-18-13-11-17(12-14-18)21-4-2/h2*11-16H,3-10H2,1-2H3. The van der Waals surface area contributed by atoms with Crippen molar-refractivity contribution in [3.05, 3.63) is 48.5 Å². The third kappa shape index (κ3) is 12.5. The summed E-state index contributed by atoms with van der Waals surface area (Å²) in [5.74, 6) is 4.47. The fourth-order valence-corrected chi connectivity index (χ4v) is 6.30. The zero-order valence-corrected chi connectivity index (χ0v) is 27.7. The molecule has 0 N–H and O–H groups in total. The van der Waals surface area contributed by atoms with Crippen molar-refractivity contribution >= 4 is 11.9 Å². The van der Waals surface area contributed by atoms with Gasteiger partial charge in [-0.3, -0.25) is 9.59 Å². The van der Waals surface area contributed by atoms with E-state index in [-0.39, 0.29) is 23.8 Å². The van der Waals surface area contributed by atoms with Gasteiger partial charge in [-0.1, -0.05) is 52.4 Å². The predicted molar refractivity (Wildman–Crippen MR) is 176 cm³/mol. The molecule has 0 radical (unpaired) electrons. The first kappa shape index (κ1) is 35.5. The predicted octanol–water partition coefficient (Wildman–Crippen LogP) is 9.97. The van der Waals surface area contributed by atoms with E-state index in [2.05, 4.69) is 13.8 Å². The fourth-order valence-electron chi connectivity index (χ4n) is 6.30. The van der Waals surface area contributed by atoms with Crippen molar-refractivity contribution in [1.29, 1.82) is 0 Å². The molecule has 0 unspecified atom stereocenters. The van der Waals surface area contributed by atoms with E-state index in [4.69, 9.17) is 18.9 Å². The highest BCUT2D eigenvalue weighted by atomic mass is 16.5. The summed E-state index contributed by atoms with van der Waals surface area (Å²) >= 11 is 0. The van der Waals surface area contributed by atoms with Crippen molar-refractivity contribution in [2.24, 2.45) is 23.7 Å². The largest absolute Gasteiger partial charge is 0.494 e. The van der Waals surface area contributed by atoms with Crippen LogP contribution in [0, 0.1) is 23.7 Å². The molecule has 244 valence electrons. The molecule has 44 heavy (non-hydrogen) atoms. The van der Waals surface area contributed by atoms with Gasteiger partial charge in [-0.15, -0.1) is 0 Å². The Balaban J connectivity index is 0.000000240. The van der Waals surface area contributed by atoms with Crippen LogP contribution in [0.3, 0.4) is 0 Å². The molecule has 0 saturated heterocycles. The average Bonchev–Trinajstić information content (AvgIpc) is 3.05. The Morgan fingerprint density at radius 2 is 0.841 bits per heavy atom. The summed E-state index contributed by atoms with van der Waals surface area (Å²) in [6.07, 6.45) is 16.4. The third-order valence-electron chi connectivity index (χ3n) is 9.00. The number of hydrogen-bond acceptors (Lipinski definition) is 6. The quantitative estimate of drug-likeness (QED) is 0.157. The molecule has 0 atom stereocenters. The van der Waals surface area contributed by atoms with Gasteiger partial charge in [0.15, 0.2) is 0 Å². The van der Waals surface area contributed by atoms with Crippen molar-refractivity contribution in [1.82, 2.24) is 0 Å². The molecule has 4 rings (SSSR count). The Morgan fingerprint density at radius 1 is 0.523 bits per heavy atom. The second kappa shape index (κ2) is 20.1. The van der Waals surface area contributed by atoms with Gasteiger partial charge >= 0.3 is 11.9 Å². The maximum atomic E-state index is 12.2. The molecule has 6 nitrogen and oxygen atoms in total. The van der Waals surface area contributed by atoms with Crippen LogP contribution in [0.15, 0.2) is 48.5 Å². The van der Waals surface area contributed by atoms with Crippen LogP contribution in [-0.2, 0) is 9.59 Å². The lowest BCUT2D eigenvalue weighted by molar-refractivity contribution is -0.141. The second-order valence-corrected chi connectivity index (χ2v) is 12.4. The lowest BCUT2D eigenvalue weighted by Gasteiger charge is -2.27. The maximum Gasteiger partial charge on any atom is 0.314 e. The third-order valence-corrected chi connectivity index (χ3v) is 9.00. The van der Waals surface area contributed by atoms with E-state index < -0.39 is 0 Å². The van der Waals surface area contributed by atoms with Crippen LogP contribution in [-0.4, -0.2) is 25.2 Å². The normalized spacial score (nSPS) is 21.4. The van der Waals surface area contributed by atoms with E-state index in [0.29, 0.717) is 24.7 Å². The first-order chi connectivity index (χ1) is 21.4. The minimum atomic E-state index is -0.0712. The summed E-state index contributed by atoms with van der Waals surface area (Å²) in [6, 6.07) is 14.6. The summed E-state index contributed by atoms with van der Waals surface area (Å²) < 4.78 is 21.8. The van der Waals surface area contributed by atoms with Gasteiger partial charge in [0.25, 0.3) is 0 Å². The summed E-state index contributed by atoms with van der Waals surface area (Å²) in [5, 5.41) is 0. The molecule has 0 heterocycles. The number of esters is 2. The van der Waals surface area contributed by atoms with Gasteiger partial charge in [0, 0.05) is 0 Å². The van der Waals surface area contributed by atoms with E-state index in [9.17, 15) is 9.59 Å². The number of benzene rings is 2. The van der Waals surface area contributed by atoms with Gasteiger partial charge in [0.05, 0.1) is 25.0 Å². The number of carbonyl (C=O) groups is 2. The molecule has 0 bridgehead atoms. The van der Waals surface area contributed by atoms with E-state index in [0.717, 1.165) is 49.0 Å². The summed E-state index contributed by atoms with van der Waals surface area (Å²) in [7, 11) is 0. The molecule has 0 spiro atoms. The molecule has 2 aromatic rings. The summed E-state index contributed by atoms with van der Waals surface area (Å²) in [6.45, 7) is 9.65. The van der Waals surface area contributed by atoms with E-state index in [1.165, 1.54) is 64.2 Å². The number of rotatable bonds is 14. The molecule has 6 heteroatoms. The van der Waals surface area contributed by atoms with Crippen molar-refractivity contribution < 1.29 is 28.5 Å².